The van der Waals surface area contributed by atoms with Gasteiger partial charge in [-0.25, -0.2) is 12.8 Å². The molecule has 0 aliphatic carbocycles. The minimum atomic E-state index is -4.10. The van der Waals surface area contributed by atoms with Crippen LogP contribution in [-0.2, 0) is 32.6 Å². The predicted molar refractivity (Wildman–Crippen MR) is 157 cm³/mol. The summed E-state index contributed by atoms with van der Waals surface area (Å²) in [5.74, 6) is -2.01. The number of halogens is 3. The molecule has 1 atom stereocenters. The smallest absolute Gasteiger partial charge is 0.244 e. The average molecular weight is 609 g/mol. The zero-order chi connectivity index (χ0) is 29.7. The van der Waals surface area contributed by atoms with Crippen LogP contribution in [-0.4, -0.2) is 49.5 Å². The summed E-state index contributed by atoms with van der Waals surface area (Å²) in [4.78, 5) is 29.0. The summed E-state index contributed by atoms with van der Waals surface area (Å²) in [6.45, 7) is 4.48. The van der Waals surface area contributed by atoms with Crippen LogP contribution < -0.4 is 9.62 Å². The molecular formula is C29H32Cl2FN3O4S. The number of nitrogens with one attached hydrogen (secondary N) is 1. The van der Waals surface area contributed by atoms with Gasteiger partial charge in [0, 0.05) is 34.1 Å². The number of para-hydroxylation sites is 1. The molecule has 0 saturated carbocycles. The van der Waals surface area contributed by atoms with Gasteiger partial charge in [-0.1, -0.05) is 71.7 Å². The van der Waals surface area contributed by atoms with E-state index in [1.165, 1.54) is 23.1 Å². The van der Waals surface area contributed by atoms with E-state index in [1.54, 1.807) is 18.2 Å². The quantitative estimate of drug-likeness (QED) is 0.332. The lowest BCUT2D eigenvalue weighted by Gasteiger charge is -2.35. The fourth-order valence-electron chi connectivity index (χ4n) is 4.11. The van der Waals surface area contributed by atoms with Gasteiger partial charge >= 0.3 is 0 Å². The number of hydrogen-bond acceptors (Lipinski definition) is 4. The molecule has 3 aromatic carbocycles. The summed E-state index contributed by atoms with van der Waals surface area (Å²) >= 11 is 12.9. The summed E-state index contributed by atoms with van der Waals surface area (Å²) in [6.07, 6.45) is 1.00. The zero-order valence-electron chi connectivity index (χ0n) is 22.7. The molecule has 0 aliphatic heterocycles. The molecule has 2 amide bonds. The van der Waals surface area contributed by atoms with Crippen molar-refractivity contribution >= 4 is 50.7 Å². The first kappa shape index (κ1) is 31.4. The topological polar surface area (TPSA) is 86.8 Å². The normalized spacial score (nSPS) is 12.5. The van der Waals surface area contributed by atoms with E-state index in [-0.39, 0.29) is 28.7 Å². The summed E-state index contributed by atoms with van der Waals surface area (Å²) < 4.78 is 40.9. The van der Waals surface area contributed by atoms with Gasteiger partial charge in [0.25, 0.3) is 0 Å². The van der Waals surface area contributed by atoms with E-state index < -0.39 is 45.8 Å². The van der Waals surface area contributed by atoms with E-state index in [0.29, 0.717) is 9.87 Å². The van der Waals surface area contributed by atoms with Crippen molar-refractivity contribution in [3.8, 4) is 0 Å². The molecule has 214 valence electrons. The van der Waals surface area contributed by atoms with Crippen molar-refractivity contribution in [2.45, 2.75) is 45.3 Å². The lowest BCUT2D eigenvalue weighted by atomic mass is 10.0. The standard InChI is InChI=1S/C29H32Cl2FN3O4S/c1-29(2,3)33-28(37)26(17-20-11-6-5-7-12-20)34(18-21-22(30)13-10-14-23(21)31)27(36)19-35(40(4,38)39)25-16-9-8-15-24(25)32/h5-16,26H,17-19H2,1-4H3,(H,33,37). The van der Waals surface area contributed by atoms with Crippen molar-refractivity contribution in [1.82, 2.24) is 10.2 Å². The maximum atomic E-state index is 14.7. The third-order valence-electron chi connectivity index (χ3n) is 5.96. The minimum absolute atomic E-state index is 0.120. The van der Waals surface area contributed by atoms with Gasteiger partial charge in [0.1, 0.15) is 18.4 Å². The fourth-order valence-corrected chi connectivity index (χ4v) is 5.48. The first-order valence-corrected chi connectivity index (χ1v) is 15.1. The Morgan fingerprint density at radius 3 is 2.05 bits per heavy atom. The van der Waals surface area contributed by atoms with Gasteiger partial charge in [-0.2, -0.15) is 0 Å². The van der Waals surface area contributed by atoms with Crippen LogP contribution in [0.3, 0.4) is 0 Å². The van der Waals surface area contributed by atoms with E-state index in [1.807, 2.05) is 51.1 Å². The SMILES string of the molecule is CC(C)(C)NC(=O)C(Cc1ccccc1)N(Cc1c(Cl)cccc1Cl)C(=O)CN(c1ccccc1F)S(C)(=O)=O. The highest BCUT2D eigenvalue weighted by molar-refractivity contribution is 7.92. The number of benzene rings is 3. The lowest BCUT2D eigenvalue weighted by Crippen LogP contribution is -2.56. The number of nitrogens with zero attached hydrogens (tertiary/aromatic N) is 2. The molecule has 0 spiro atoms. The zero-order valence-corrected chi connectivity index (χ0v) is 25.0. The Morgan fingerprint density at radius 1 is 0.925 bits per heavy atom. The van der Waals surface area contributed by atoms with Gasteiger partial charge in [0.05, 0.1) is 11.9 Å². The van der Waals surface area contributed by atoms with Crippen molar-refractivity contribution in [2.24, 2.45) is 0 Å². The molecule has 0 aromatic heterocycles. The summed E-state index contributed by atoms with van der Waals surface area (Å²) in [6, 6.07) is 18.2. The van der Waals surface area contributed by atoms with Gasteiger partial charge < -0.3 is 10.2 Å². The van der Waals surface area contributed by atoms with Crippen LogP contribution >= 0.6 is 23.2 Å². The van der Waals surface area contributed by atoms with E-state index >= 15 is 0 Å². The maximum Gasteiger partial charge on any atom is 0.244 e. The predicted octanol–water partition coefficient (Wildman–Crippen LogP) is 5.45. The van der Waals surface area contributed by atoms with E-state index in [4.69, 9.17) is 23.2 Å². The molecule has 0 saturated heterocycles. The number of carbonyl (C=O) groups is 2. The molecule has 0 bridgehead atoms. The first-order chi connectivity index (χ1) is 18.7. The molecule has 0 aliphatic rings. The van der Waals surface area contributed by atoms with E-state index in [9.17, 15) is 22.4 Å². The minimum Gasteiger partial charge on any atom is -0.350 e. The molecule has 11 heteroatoms. The Labute approximate surface area is 244 Å². The van der Waals surface area contributed by atoms with E-state index in [0.717, 1.165) is 17.9 Å². The van der Waals surface area contributed by atoms with Crippen LogP contribution in [0.15, 0.2) is 72.8 Å². The second-order valence-corrected chi connectivity index (χ2v) is 13.1. The Hall–Kier alpha value is -3.14. The van der Waals surface area contributed by atoms with Gasteiger partial charge in [-0.3, -0.25) is 13.9 Å². The van der Waals surface area contributed by atoms with Crippen molar-refractivity contribution in [2.75, 3.05) is 17.1 Å². The van der Waals surface area contributed by atoms with Crippen molar-refractivity contribution < 1.29 is 22.4 Å². The molecule has 0 fully saturated rings. The van der Waals surface area contributed by atoms with Crippen LogP contribution in [0.5, 0.6) is 0 Å². The van der Waals surface area contributed by atoms with Gasteiger partial charge in [0.2, 0.25) is 21.8 Å². The molecule has 7 nitrogen and oxygen atoms in total. The van der Waals surface area contributed by atoms with Crippen LogP contribution in [0.25, 0.3) is 0 Å². The van der Waals surface area contributed by atoms with Crippen LogP contribution in [0.2, 0.25) is 10.0 Å². The molecule has 3 rings (SSSR count). The highest BCUT2D eigenvalue weighted by Gasteiger charge is 2.35. The lowest BCUT2D eigenvalue weighted by molar-refractivity contribution is -0.140. The molecule has 0 radical (unpaired) electrons. The highest BCUT2D eigenvalue weighted by atomic mass is 35.5. The third kappa shape index (κ3) is 8.43. The third-order valence-corrected chi connectivity index (χ3v) is 7.79. The number of anilines is 1. The summed E-state index contributed by atoms with van der Waals surface area (Å²) in [5.41, 5.74) is 0.244. The second-order valence-electron chi connectivity index (χ2n) is 10.4. The highest BCUT2D eigenvalue weighted by Crippen LogP contribution is 2.28. The number of hydrogen-bond donors (Lipinski definition) is 1. The Balaban J connectivity index is 2.13. The van der Waals surface area contributed by atoms with Gasteiger partial charge in [-0.15, -0.1) is 0 Å². The van der Waals surface area contributed by atoms with Gasteiger partial charge in [0.15, 0.2) is 0 Å². The Kier molecular flexibility index (Phi) is 10.2. The molecule has 1 N–H and O–H groups in total. The Morgan fingerprint density at radius 2 is 1.50 bits per heavy atom. The average Bonchev–Trinajstić information content (AvgIpc) is 2.85. The monoisotopic (exact) mass is 607 g/mol. The molecular weight excluding hydrogens is 576 g/mol. The molecule has 1 unspecified atom stereocenters. The van der Waals surface area contributed by atoms with Crippen LogP contribution in [0.4, 0.5) is 10.1 Å². The summed E-state index contributed by atoms with van der Waals surface area (Å²) in [7, 11) is -4.10. The number of carbonyl (C=O) groups excluding carboxylic acids is 2. The maximum absolute atomic E-state index is 14.7. The molecule has 0 heterocycles. The number of amides is 2. The molecule has 3 aromatic rings. The van der Waals surface area contributed by atoms with Crippen LogP contribution in [0.1, 0.15) is 31.9 Å². The van der Waals surface area contributed by atoms with Gasteiger partial charge in [-0.05, 0) is 50.6 Å². The van der Waals surface area contributed by atoms with Crippen LogP contribution in [0, 0.1) is 5.82 Å². The van der Waals surface area contributed by atoms with Crippen molar-refractivity contribution in [1.29, 1.82) is 0 Å². The second kappa shape index (κ2) is 13.0. The van der Waals surface area contributed by atoms with Crippen molar-refractivity contribution in [3.05, 3.63) is 99.8 Å². The molecule has 40 heavy (non-hydrogen) atoms. The Bertz CT molecular complexity index is 1440. The number of rotatable bonds is 10. The largest absolute Gasteiger partial charge is 0.350 e. The van der Waals surface area contributed by atoms with Crippen molar-refractivity contribution in [3.63, 3.8) is 0 Å². The fraction of sp³-hybridized carbons (Fsp3) is 0.310. The summed E-state index contributed by atoms with van der Waals surface area (Å²) in [5, 5.41) is 3.47. The first-order valence-electron chi connectivity index (χ1n) is 12.5. The van der Waals surface area contributed by atoms with E-state index in [2.05, 4.69) is 5.32 Å². The number of sulfonamides is 1.